The average Bonchev–Trinajstić information content (AvgIpc) is 3.25. The second kappa shape index (κ2) is 5.79. The van der Waals surface area contributed by atoms with E-state index in [2.05, 4.69) is 4.98 Å². The van der Waals surface area contributed by atoms with Crippen molar-refractivity contribution in [3.63, 3.8) is 0 Å². The molecular weight excluding hydrogens is 256 g/mol. The van der Waals surface area contributed by atoms with E-state index in [1.165, 1.54) is 0 Å². The number of hydrogen-bond donors (Lipinski definition) is 0. The molecule has 1 saturated carbocycles. The van der Waals surface area contributed by atoms with Gasteiger partial charge in [-0.3, -0.25) is 4.79 Å². The molecule has 2 aliphatic rings. The van der Waals surface area contributed by atoms with Crippen molar-refractivity contribution < 1.29 is 14.3 Å². The van der Waals surface area contributed by atoms with Crippen LogP contribution in [-0.4, -0.2) is 48.2 Å². The number of amides is 1. The highest BCUT2D eigenvalue weighted by Gasteiger charge is 2.35. The van der Waals surface area contributed by atoms with E-state index in [-0.39, 0.29) is 17.9 Å². The molecule has 1 aliphatic heterocycles. The quantitative estimate of drug-likeness (QED) is 0.837. The van der Waals surface area contributed by atoms with Crippen molar-refractivity contribution >= 4 is 5.91 Å². The maximum absolute atomic E-state index is 12.2. The maximum atomic E-state index is 12.2. The van der Waals surface area contributed by atoms with Gasteiger partial charge in [0.05, 0.1) is 19.8 Å². The number of pyridine rings is 1. The molecule has 20 heavy (non-hydrogen) atoms. The molecule has 0 bridgehead atoms. The van der Waals surface area contributed by atoms with Crippen LogP contribution in [0.2, 0.25) is 0 Å². The van der Waals surface area contributed by atoms with Gasteiger partial charge >= 0.3 is 0 Å². The summed E-state index contributed by atoms with van der Waals surface area (Å²) in [5.74, 6) is 1.09. The van der Waals surface area contributed by atoms with Gasteiger partial charge in [-0.25, -0.2) is 4.98 Å². The number of aryl methyl sites for hydroxylation is 1. The van der Waals surface area contributed by atoms with Crippen molar-refractivity contribution in [1.82, 2.24) is 9.88 Å². The van der Waals surface area contributed by atoms with Gasteiger partial charge in [0.25, 0.3) is 0 Å². The van der Waals surface area contributed by atoms with Crippen LogP contribution in [0.3, 0.4) is 0 Å². The van der Waals surface area contributed by atoms with Gasteiger partial charge in [0.1, 0.15) is 6.10 Å². The smallest absolute Gasteiger partial charge is 0.225 e. The number of carbonyl (C=O) groups excluding carboxylic acids is 1. The Morgan fingerprint density at radius 3 is 3.05 bits per heavy atom. The third-order valence-corrected chi connectivity index (χ3v) is 3.62. The Morgan fingerprint density at radius 2 is 2.30 bits per heavy atom. The van der Waals surface area contributed by atoms with E-state index >= 15 is 0 Å². The van der Waals surface area contributed by atoms with E-state index in [0.717, 1.165) is 18.5 Å². The molecular formula is C15H20N2O3. The minimum atomic E-state index is -0.144. The van der Waals surface area contributed by atoms with Crippen LogP contribution in [0.1, 0.15) is 18.5 Å². The second-order valence-electron chi connectivity index (χ2n) is 5.49. The highest BCUT2D eigenvalue weighted by molar-refractivity contribution is 5.81. The summed E-state index contributed by atoms with van der Waals surface area (Å²) in [5.41, 5.74) is 0.919. The zero-order valence-corrected chi connectivity index (χ0v) is 11.7. The molecule has 5 nitrogen and oxygen atoms in total. The molecule has 1 aromatic rings. The number of hydrogen-bond acceptors (Lipinski definition) is 4. The fourth-order valence-corrected chi connectivity index (χ4v) is 2.39. The summed E-state index contributed by atoms with van der Waals surface area (Å²) in [6.45, 7) is 4.27. The Bertz CT molecular complexity index is 488. The third kappa shape index (κ3) is 3.28. The van der Waals surface area contributed by atoms with Gasteiger partial charge in [0.2, 0.25) is 11.8 Å². The van der Waals surface area contributed by atoms with Crippen molar-refractivity contribution in [3.05, 3.63) is 23.9 Å². The molecule has 0 aromatic carbocycles. The summed E-state index contributed by atoms with van der Waals surface area (Å²) < 4.78 is 11.4. The number of rotatable bonds is 3. The van der Waals surface area contributed by atoms with Crippen LogP contribution < -0.4 is 4.74 Å². The van der Waals surface area contributed by atoms with Crippen LogP contribution in [0, 0.1) is 12.8 Å². The van der Waals surface area contributed by atoms with Gasteiger partial charge in [-0.15, -0.1) is 0 Å². The first-order chi connectivity index (χ1) is 9.72. The summed E-state index contributed by atoms with van der Waals surface area (Å²) in [5, 5.41) is 0. The average molecular weight is 276 g/mol. The lowest BCUT2D eigenvalue weighted by Crippen LogP contribution is -2.40. The lowest BCUT2D eigenvalue weighted by molar-refractivity contribution is -0.133. The molecule has 5 heteroatoms. The third-order valence-electron chi connectivity index (χ3n) is 3.62. The molecule has 108 valence electrons. The van der Waals surface area contributed by atoms with Gasteiger partial charge in [-0.2, -0.15) is 0 Å². The van der Waals surface area contributed by atoms with Crippen molar-refractivity contribution in [1.29, 1.82) is 0 Å². The summed E-state index contributed by atoms with van der Waals surface area (Å²) >= 11 is 0. The number of carbonyl (C=O) groups is 1. The van der Waals surface area contributed by atoms with Gasteiger partial charge < -0.3 is 14.4 Å². The number of ether oxygens (including phenoxy) is 2. The van der Waals surface area contributed by atoms with Crippen LogP contribution >= 0.6 is 0 Å². The van der Waals surface area contributed by atoms with Gasteiger partial charge in [0.15, 0.2) is 0 Å². The molecule has 0 N–H and O–H groups in total. The molecule has 2 heterocycles. The van der Waals surface area contributed by atoms with E-state index in [4.69, 9.17) is 9.47 Å². The molecule has 2 fully saturated rings. The Hall–Kier alpha value is -1.62. The summed E-state index contributed by atoms with van der Waals surface area (Å²) in [6.07, 6.45) is 1.91. The van der Waals surface area contributed by atoms with Gasteiger partial charge in [-0.05, 0) is 25.8 Å². The lowest BCUT2D eigenvalue weighted by atomic mass is 10.3. The zero-order valence-electron chi connectivity index (χ0n) is 11.7. The van der Waals surface area contributed by atoms with Crippen molar-refractivity contribution in [2.24, 2.45) is 5.92 Å². The molecule has 0 unspecified atom stereocenters. The van der Waals surface area contributed by atoms with Crippen molar-refractivity contribution in [3.8, 4) is 5.88 Å². The highest BCUT2D eigenvalue weighted by atomic mass is 16.5. The van der Waals surface area contributed by atoms with E-state index in [1.807, 2.05) is 30.0 Å². The SMILES string of the molecule is Cc1cccc(O[C@H]2COCCN(C(=O)C3CC3)C2)n1. The van der Waals surface area contributed by atoms with Crippen LogP contribution in [0.25, 0.3) is 0 Å². The van der Waals surface area contributed by atoms with Gasteiger partial charge in [-0.1, -0.05) is 6.07 Å². The topological polar surface area (TPSA) is 51.7 Å². The fraction of sp³-hybridized carbons (Fsp3) is 0.600. The van der Waals surface area contributed by atoms with Crippen molar-refractivity contribution in [2.75, 3.05) is 26.3 Å². The molecule has 1 saturated heterocycles. The number of aromatic nitrogens is 1. The highest BCUT2D eigenvalue weighted by Crippen LogP contribution is 2.31. The Morgan fingerprint density at radius 1 is 1.45 bits per heavy atom. The first-order valence-electron chi connectivity index (χ1n) is 7.19. The minimum Gasteiger partial charge on any atom is -0.470 e. The molecule has 3 rings (SSSR count). The molecule has 1 aromatic heterocycles. The van der Waals surface area contributed by atoms with E-state index in [9.17, 15) is 4.79 Å². The predicted octanol–water partition coefficient (Wildman–Crippen LogP) is 1.41. The predicted molar refractivity (Wildman–Crippen MR) is 73.5 cm³/mol. The van der Waals surface area contributed by atoms with E-state index in [1.54, 1.807) is 0 Å². The maximum Gasteiger partial charge on any atom is 0.225 e. The standard InChI is InChI=1S/C15H20N2O3/c1-11-3-2-4-14(16-11)20-13-9-17(7-8-19-10-13)15(18)12-5-6-12/h2-4,12-13H,5-10H2,1H3/t13-/m1/s1. The molecule has 1 aliphatic carbocycles. The second-order valence-corrected chi connectivity index (χ2v) is 5.49. The summed E-state index contributed by atoms with van der Waals surface area (Å²) in [4.78, 5) is 18.4. The number of nitrogens with zero attached hydrogens (tertiary/aromatic N) is 2. The summed E-state index contributed by atoms with van der Waals surface area (Å²) in [7, 11) is 0. The molecule has 0 spiro atoms. The Balaban J connectivity index is 1.64. The Labute approximate surface area is 118 Å². The first kappa shape index (κ1) is 13.4. The normalized spacial score (nSPS) is 23.2. The van der Waals surface area contributed by atoms with Crippen LogP contribution in [0.4, 0.5) is 0 Å². The lowest BCUT2D eigenvalue weighted by Gasteiger charge is -2.24. The monoisotopic (exact) mass is 276 g/mol. The summed E-state index contributed by atoms with van der Waals surface area (Å²) in [6, 6.07) is 5.69. The van der Waals surface area contributed by atoms with Crippen molar-refractivity contribution in [2.45, 2.75) is 25.9 Å². The Kier molecular flexibility index (Phi) is 3.87. The van der Waals surface area contributed by atoms with Crippen LogP contribution in [-0.2, 0) is 9.53 Å². The minimum absolute atomic E-state index is 0.144. The molecule has 0 radical (unpaired) electrons. The van der Waals surface area contributed by atoms with E-state index < -0.39 is 0 Å². The first-order valence-corrected chi connectivity index (χ1v) is 7.19. The zero-order chi connectivity index (χ0) is 13.9. The van der Waals surface area contributed by atoms with Crippen LogP contribution in [0.5, 0.6) is 5.88 Å². The fourth-order valence-electron chi connectivity index (χ4n) is 2.39. The van der Waals surface area contributed by atoms with Crippen LogP contribution in [0.15, 0.2) is 18.2 Å². The van der Waals surface area contributed by atoms with E-state index in [0.29, 0.717) is 32.2 Å². The van der Waals surface area contributed by atoms with Gasteiger partial charge in [0, 0.05) is 24.2 Å². The molecule has 1 atom stereocenters. The largest absolute Gasteiger partial charge is 0.470 e. The molecule has 1 amide bonds.